The number of halogens is 3. The number of hydrogen-bond donors (Lipinski definition) is 1. The van der Waals surface area contributed by atoms with Crippen LogP contribution in [0.5, 0.6) is 0 Å². The molecule has 1 amide bonds. The molecule has 120 valence electrons. The summed E-state index contributed by atoms with van der Waals surface area (Å²) in [6, 6.07) is 0. The van der Waals surface area contributed by atoms with Crippen LogP contribution in [-0.4, -0.2) is 35.5 Å². The Hall–Kier alpha value is -1.22. The number of hydrogen-bond acceptors (Lipinski definition) is 5. The number of anilines is 1. The van der Waals surface area contributed by atoms with E-state index in [1.165, 1.54) is 11.3 Å². The predicted octanol–water partition coefficient (Wildman–Crippen LogP) is 3.18. The number of nitrogens with zero attached hydrogens (tertiary/aromatic N) is 2. The first-order chi connectivity index (χ1) is 9.90. The van der Waals surface area contributed by atoms with Gasteiger partial charge in [-0.3, -0.25) is 4.79 Å². The molecule has 9 heteroatoms. The summed E-state index contributed by atoms with van der Waals surface area (Å²) in [6.07, 6.45) is -0.470. The first-order valence-electron chi connectivity index (χ1n) is 6.67. The van der Waals surface area contributed by atoms with Crippen molar-refractivity contribution in [3.8, 4) is 0 Å². The monoisotopic (exact) mass is 325 g/mol. The van der Waals surface area contributed by atoms with Crippen LogP contribution in [0.1, 0.15) is 37.6 Å². The molecule has 0 unspecified atom stereocenters. The number of amides is 1. The Morgan fingerprint density at radius 3 is 2.76 bits per heavy atom. The van der Waals surface area contributed by atoms with Gasteiger partial charge in [0.05, 0.1) is 13.0 Å². The zero-order chi connectivity index (χ0) is 15.7. The van der Waals surface area contributed by atoms with E-state index in [1.807, 2.05) is 0 Å². The van der Waals surface area contributed by atoms with Crippen molar-refractivity contribution in [2.75, 3.05) is 18.5 Å². The van der Waals surface area contributed by atoms with Crippen molar-refractivity contribution in [2.24, 2.45) is 0 Å². The van der Waals surface area contributed by atoms with Gasteiger partial charge in [-0.15, -0.1) is 10.2 Å². The summed E-state index contributed by atoms with van der Waals surface area (Å²) < 4.78 is 39.8. The summed E-state index contributed by atoms with van der Waals surface area (Å²) in [7, 11) is 0. The molecule has 0 bridgehead atoms. The number of aromatic nitrogens is 2. The minimum absolute atomic E-state index is 0.152. The summed E-state index contributed by atoms with van der Waals surface area (Å²) in [5, 5.41) is 11.5. The van der Waals surface area contributed by atoms with Gasteiger partial charge in [0.1, 0.15) is 11.6 Å². The second kappa shape index (κ2) is 8.93. The van der Waals surface area contributed by atoms with E-state index in [1.54, 1.807) is 0 Å². The number of unbranched alkanes of at least 4 members (excludes halogenated alkanes) is 2. The molecule has 1 aromatic rings. The average Bonchev–Trinajstić information content (AvgIpc) is 2.81. The molecule has 0 radical (unpaired) electrons. The van der Waals surface area contributed by atoms with Crippen LogP contribution in [0.15, 0.2) is 0 Å². The lowest BCUT2D eigenvalue weighted by atomic mass is 10.2. The lowest BCUT2D eigenvalue weighted by molar-refractivity contribution is -0.174. The van der Waals surface area contributed by atoms with Gasteiger partial charge in [-0.25, -0.2) is 0 Å². The molecule has 0 atom stereocenters. The molecule has 0 aliphatic heterocycles. The van der Waals surface area contributed by atoms with Crippen LogP contribution in [0.4, 0.5) is 18.3 Å². The van der Waals surface area contributed by atoms with Gasteiger partial charge in [-0.2, -0.15) is 13.2 Å². The molecule has 0 fully saturated rings. The highest BCUT2D eigenvalue weighted by Crippen LogP contribution is 2.18. The quantitative estimate of drug-likeness (QED) is 0.708. The van der Waals surface area contributed by atoms with Crippen molar-refractivity contribution in [2.45, 2.75) is 45.2 Å². The number of alkyl halides is 3. The third-order valence-electron chi connectivity index (χ3n) is 2.45. The van der Waals surface area contributed by atoms with E-state index in [0.717, 1.165) is 30.7 Å². The van der Waals surface area contributed by atoms with Crippen LogP contribution in [0.3, 0.4) is 0 Å². The number of nitrogens with one attached hydrogen (secondary N) is 1. The molecule has 0 saturated heterocycles. The fourth-order valence-corrected chi connectivity index (χ4v) is 2.26. The van der Waals surface area contributed by atoms with Gasteiger partial charge in [0.2, 0.25) is 11.0 Å². The Labute approximate surface area is 124 Å². The van der Waals surface area contributed by atoms with Gasteiger partial charge in [0.15, 0.2) is 0 Å². The van der Waals surface area contributed by atoms with Crippen molar-refractivity contribution in [3.63, 3.8) is 0 Å². The van der Waals surface area contributed by atoms with Gasteiger partial charge in [-0.1, -0.05) is 31.1 Å². The average molecular weight is 325 g/mol. The second-order valence-corrected chi connectivity index (χ2v) is 5.49. The highest BCUT2D eigenvalue weighted by atomic mass is 32.1. The molecule has 21 heavy (non-hydrogen) atoms. The van der Waals surface area contributed by atoms with Crippen molar-refractivity contribution in [1.82, 2.24) is 10.2 Å². The smallest absolute Gasteiger partial charge is 0.372 e. The van der Waals surface area contributed by atoms with Gasteiger partial charge >= 0.3 is 6.18 Å². The largest absolute Gasteiger partial charge is 0.411 e. The first kappa shape index (κ1) is 17.8. The number of rotatable bonds is 9. The van der Waals surface area contributed by atoms with E-state index in [4.69, 9.17) is 0 Å². The van der Waals surface area contributed by atoms with E-state index in [9.17, 15) is 18.0 Å². The highest BCUT2D eigenvalue weighted by molar-refractivity contribution is 7.15. The predicted molar refractivity (Wildman–Crippen MR) is 73.3 cm³/mol. The van der Waals surface area contributed by atoms with Crippen LogP contribution in [-0.2, 0) is 16.0 Å². The Bertz CT molecular complexity index is 438. The summed E-state index contributed by atoms with van der Waals surface area (Å²) in [6.45, 7) is 0.473. The fraction of sp³-hybridized carbons (Fsp3) is 0.750. The van der Waals surface area contributed by atoms with Crippen molar-refractivity contribution >= 4 is 22.4 Å². The topological polar surface area (TPSA) is 64.1 Å². The molecule has 1 aromatic heterocycles. The van der Waals surface area contributed by atoms with E-state index >= 15 is 0 Å². The molecule has 0 spiro atoms. The van der Waals surface area contributed by atoms with E-state index in [-0.39, 0.29) is 13.0 Å². The van der Waals surface area contributed by atoms with Gasteiger partial charge in [-0.05, 0) is 6.42 Å². The molecule has 1 heterocycles. The molecular formula is C12H18F3N3O2S. The minimum Gasteiger partial charge on any atom is -0.372 e. The molecule has 1 N–H and O–H groups in total. The summed E-state index contributed by atoms with van der Waals surface area (Å²) in [4.78, 5) is 11.5. The first-order valence-corrected chi connectivity index (χ1v) is 7.49. The third-order valence-corrected chi connectivity index (χ3v) is 3.35. The molecular weight excluding hydrogens is 307 g/mol. The summed E-state index contributed by atoms with van der Waals surface area (Å²) in [5.74, 6) is -0.437. The Balaban J connectivity index is 2.22. The summed E-state index contributed by atoms with van der Waals surface area (Å²) >= 11 is 1.28. The van der Waals surface area contributed by atoms with Crippen molar-refractivity contribution < 1.29 is 22.7 Å². The molecule has 1 rings (SSSR count). The van der Waals surface area contributed by atoms with Crippen LogP contribution in [0.2, 0.25) is 0 Å². The highest BCUT2D eigenvalue weighted by Gasteiger charge is 2.27. The van der Waals surface area contributed by atoms with Gasteiger partial charge < -0.3 is 10.1 Å². The van der Waals surface area contributed by atoms with Crippen LogP contribution < -0.4 is 5.32 Å². The maximum absolute atomic E-state index is 11.8. The number of carbonyl (C=O) groups excluding carboxylic acids is 1. The van der Waals surface area contributed by atoms with Crippen LogP contribution in [0.25, 0.3) is 0 Å². The zero-order valence-corrected chi connectivity index (χ0v) is 12.5. The van der Waals surface area contributed by atoms with Crippen molar-refractivity contribution in [3.05, 3.63) is 5.01 Å². The van der Waals surface area contributed by atoms with Gasteiger partial charge in [0, 0.05) is 6.42 Å². The maximum Gasteiger partial charge on any atom is 0.411 e. The van der Waals surface area contributed by atoms with E-state index < -0.39 is 18.7 Å². The Kier molecular flexibility index (Phi) is 7.58. The molecule has 0 aromatic carbocycles. The van der Waals surface area contributed by atoms with E-state index in [2.05, 4.69) is 27.2 Å². The number of carbonyl (C=O) groups is 1. The lowest BCUT2D eigenvalue weighted by Crippen LogP contribution is -2.20. The normalized spacial score (nSPS) is 11.6. The maximum atomic E-state index is 11.8. The standard InChI is InChI=1S/C12H18F3N3O2S/c1-2-3-4-5-10-17-18-11(21-10)16-9(19)6-7-20-8-12(13,14)15/h2-8H2,1H3,(H,16,18,19). The SMILES string of the molecule is CCCCCc1nnc(NC(=O)CCOCC(F)(F)F)s1. The number of ether oxygens (including phenoxy) is 1. The van der Waals surface area contributed by atoms with Gasteiger partial charge in [0.25, 0.3) is 0 Å². The molecule has 0 aliphatic carbocycles. The molecule has 0 saturated carbocycles. The zero-order valence-electron chi connectivity index (χ0n) is 11.7. The van der Waals surface area contributed by atoms with Crippen molar-refractivity contribution in [1.29, 1.82) is 0 Å². The minimum atomic E-state index is -4.37. The summed E-state index contributed by atoms with van der Waals surface area (Å²) in [5.41, 5.74) is 0. The Morgan fingerprint density at radius 1 is 1.33 bits per heavy atom. The second-order valence-electron chi connectivity index (χ2n) is 4.42. The number of aryl methyl sites for hydroxylation is 1. The lowest BCUT2D eigenvalue weighted by Gasteiger charge is -2.06. The third kappa shape index (κ3) is 8.61. The Morgan fingerprint density at radius 2 is 2.10 bits per heavy atom. The van der Waals surface area contributed by atoms with E-state index in [0.29, 0.717) is 5.13 Å². The van der Waals surface area contributed by atoms with Crippen LogP contribution in [0, 0.1) is 0 Å². The molecule has 5 nitrogen and oxygen atoms in total. The fourth-order valence-electron chi connectivity index (χ4n) is 1.47. The van der Waals surface area contributed by atoms with Crippen LogP contribution >= 0.6 is 11.3 Å². The molecule has 0 aliphatic rings.